The maximum atomic E-state index is 12.3. The minimum absolute atomic E-state index is 0.0815. The van der Waals surface area contributed by atoms with Gasteiger partial charge in [-0.05, 0) is 6.42 Å². The second-order valence-corrected chi connectivity index (χ2v) is 4.37. The van der Waals surface area contributed by atoms with E-state index in [0.717, 1.165) is 13.0 Å². The molecule has 0 amide bonds. The molecule has 1 aromatic rings. The molecule has 0 radical (unpaired) electrons. The maximum absolute atomic E-state index is 12.3. The summed E-state index contributed by atoms with van der Waals surface area (Å²) in [6.45, 7) is 1.48. The highest BCUT2D eigenvalue weighted by molar-refractivity contribution is 5.33. The number of hydrogen-bond acceptors (Lipinski definition) is 6. The number of halogens is 1. The number of β-amino-alcohol motifs (C(OH)–C–C–N with tert-alkyl or cyclic N) is 1. The first-order chi connectivity index (χ1) is 9.22. The van der Waals surface area contributed by atoms with E-state index in [9.17, 15) is 9.50 Å². The van der Waals surface area contributed by atoms with Crippen LogP contribution < -0.4 is 15.4 Å². The van der Waals surface area contributed by atoms with Crippen LogP contribution in [0.25, 0.3) is 0 Å². The molecule has 1 aliphatic heterocycles. The van der Waals surface area contributed by atoms with Gasteiger partial charge >= 0.3 is 0 Å². The molecule has 0 aliphatic carbocycles. The van der Waals surface area contributed by atoms with Crippen molar-refractivity contribution in [3.05, 3.63) is 24.3 Å². The number of aliphatic hydroxyl groups excluding tert-OH is 1. The van der Waals surface area contributed by atoms with Crippen molar-refractivity contribution in [2.75, 3.05) is 31.1 Å². The number of hydrogen-bond donors (Lipinski definition) is 2. The molecule has 0 bridgehead atoms. The maximum Gasteiger partial charge on any atom is 0.225 e. The SMILES string of the molecule is NC/C(=C/F)COc1cnc(N2CCC(O)C2)nc1. The zero-order valence-electron chi connectivity index (χ0n) is 10.5. The highest BCUT2D eigenvalue weighted by atomic mass is 19.1. The summed E-state index contributed by atoms with van der Waals surface area (Å²) in [7, 11) is 0. The van der Waals surface area contributed by atoms with Gasteiger partial charge in [-0.3, -0.25) is 0 Å². The van der Waals surface area contributed by atoms with Crippen LogP contribution in [0.15, 0.2) is 24.3 Å². The van der Waals surface area contributed by atoms with Crippen LogP contribution in [0.1, 0.15) is 6.42 Å². The van der Waals surface area contributed by atoms with Crippen LogP contribution in [0.4, 0.5) is 10.3 Å². The molecule has 1 aliphatic rings. The van der Waals surface area contributed by atoms with Crippen LogP contribution in [0.5, 0.6) is 5.75 Å². The second kappa shape index (κ2) is 6.44. The molecule has 3 N–H and O–H groups in total. The molecule has 19 heavy (non-hydrogen) atoms. The summed E-state index contributed by atoms with van der Waals surface area (Å²) in [5, 5.41) is 9.44. The first-order valence-electron chi connectivity index (χ1n) is 6.09. The molecule has 1 atom stereocenters. The van der Waals surface area contributed by atoms with Gasteiger partial charge in [-0.25, -0.2) is 14.4 Å². The number of ether oxygens (including phenoxy) is 1. The van der Waals surface area contributed by atoms with Crippen molar-refractivity contribution in [3.8, 4) is 5.75 Å². The lowest BCUT2D eigenvalue weighted by Crippen LogP contribution is -2.23. The summed E-state index contributed by atoms with van der Waals surface area (Å²) in [5.41, 5.74) is 5.68. The van der Waals surface area contributed by atoms with E-state index in [2.05, 4.69) is 9.97 Å². The number of aliphatic hydroxyl groups is 1. The van der Waals surface area contributed by atoms with Gasteiger partial charge in [0.1, 0.15) is 6.61 Å². The first kappa shape index (κ1) is 13.7. The zero-order chi connectivity index (χ0) is 13.7. The fraction of sp³-hybridized carbons (Fsp3) is 0.500. The molecular weight excluding hydrogens is 251 g/mol. The molecule has 1 aromatic heterocycles. The standard InChI is InChI=1S/C12H17FN4O2/c13-3-9(4-14)8-19-11-5-15-12(16-6-11)17-2-1-10(18)7-17/h3,5-6,10,18H,1-2,4,7-8,14H2/b9-3-. The predicted molar refractivity (Wildman–Crippen MR) is 68.6 cm³/mol. The number of nitrogens with two attached hydrogens (primary N) is 1. The molecule has 0 saturated carbocycles. The third-order valence-electron chi connectivity index (χ3n) is 2.90. The number of anilines is 1. The van der Waals surface area contributed by atoms with Gasteiger partial charge in [0.05, 0.1) is 24.8 Å². The third kappa shape index (κ3) is 3.62. The Kier molecular flexibility index (Phi) is 4.64. The van der Waals surface area contributed by atoms with Crippen molar-refractivity contribution in [2.24, 2.45) is 5.73 Å². The lowest BCUT2D eigenvalue weighted by molar-refractivity contribution is 0.198. The van der Waals surface area contributed by atoms with E-state index in [1.165, 1.54) is 12.4 Å². The molecule has 0 spiro atoms. The monoisotopic (exact) mass is 268 g/mol. The van der Waals surface area contributed by atoms with E-state index in [0.29, 0.717) is 30.1 Å². The highest BCUT2D eigenvalue weighted by Gasteiger charge is 2.22. The van der Waals surface area contributed by atoms with Crippen molar-refractivity contribution in [2.45, 2.75) is 12.5 Å². The molecule has 6 nitrogen and oxygen atoms in total. The quantitative estimate of drug-likeness (QED) is 0.795. The molecule has 7 heteroatoms. The fourth-order valence-electron chi connectivity index (χ4n) is 1.78. The highest BCUT2D eigenvalue weighted by Crippen LogP contribution is 2.17. The van der Waals surface area contributed by atoms with E-state index in [1.54, 1.807) is 0 Å². The molecule has 0 aromatic carbocycles. The Morgan fingerprint density at radius 1 is 1.58 bits per heavy atom. The lowest BCUT2D eigenvalue weighted by Gasteiger charge is -2.15. The Morgan fingerprint density at radius 2 is 2.32 bits per heavy atom. The smallest absolute Gasteiger partial charge is 0.225 e. The largest absolute Gasteiger partial charge is 0.486 e. The van der Waals surface area contributed by atoms with E-state index in [-0.39, 0.29) is 19.3 Å². The average Bonchev–Trinajstić information content (AvgIpc) is 2.87. The summed E-state index contributed by atoms with van der Waals surface area (Å²) in [6, 6.07) is 0. The summed E-state index contributed by atoms with van der Waals surface area (Å²) >= 11 is 0. The minimum atomic E-state index is -0.318. The Bertz CT molecular complexity index is 438. The zero-order valence-corrected chi connectivity index (χ0v) is 10.5. The molecule has 2 rings (SSSR count). The Hall–Kier alpha value is -1.73. The van der Waals surface area contributed by atoms with Gasteiger partial charge in [-0.2, -0.15) is 0 Å². The van der Waals surface area contributed by atoms with Gasteiger partial charge in [-0.15, -0.1) is 0 Å². The summed E-state index contributed by atoms with van der Waals surface area (Å²) < 4.78 is 17.6. The van der Waals surface area contributed by atoms with E-state index >= 15 is 0 Å². The number of nitrogens with zero attached hydrogens (tertiary/aromatic N) is 3. The van der Waals surface area contributed by atoms with Crippen LogP contribution in [-0.2, 0) is 0 Å². The third-order valence-corrected chi connectivity index (χ3v) is 2.90. The van der Waals surface area contributed by atoms with E-state index < -0.39 is 0 Å². The molecule has 1 saturated heterocycles. The van der Waals surface area contributed by atoms with Gasteiger partial charge in [0.2, 0.25) is 5.95 Å². The summed E-state index contributed by atoms with van der Waals surface area (Å²) in [4.78, 5) is 10.2. The molecule has 1 unspecified atom stereocenters. The van der Waals surface area contributed by atoms with Gasteiger partial charge in [-0.1, -0.05) is 0 Å². The average molecular weight is 268 g/mol. The van der Waals surface area contributed by atoms with Crippen molar-refractivity contribution >= 4 is 5.95 Å². The Labute approximate surface area is 110 Å². The first-order valence-corrected chi connectivity index (χ1v) is 6.09. The van der Waals surface area contributed by atoms with Crippen LogP contribution in [0.2, 0.25) is 0 Å². The van der Waals surface area contributed by atoms with E-state index in [1.807, 2.05) is 4.90 Å². The number of rotatable bonds is 5. The van der Waals surface area contributed by atoms with Crippen LogP contribution in [-0.4, -0.2) is 47.4 Å². The van der Waals surface area contributed by atoms with Gasteiger partial charge < -0.3 is 20.5 Å². The Balaban J connectivity index is 1.91. The summed E-state index contributed by atoms with van der Waals surface area (Å²) in [5.74, 6) is 1.01. The van der Waals surface area contributed by atoms with Crippen molar-refractivity contribution in [1.29, 1.82) is 0 Å². The number of aromatic nitrogens is 2. The molecular formula is C12H17FN4O2. The predicted octanol–water partition coefficient (Wildman–Crippen LogP) is 0.238. The molecule has 104 valence electrons. The van der Waals surface area contributed by atoms with Gasteiger partial charge in [0.25, 0.3) is 0 Å². The molecule has 2 heterocycles. The van der Waals surface area contributed by atoms with Crippen molar-refractivity contribution in [1.82, 2.24) is 9.97 Å². The van der Waals surface area contributed by atoms with Crippen LogP contribution in [0, 0.1) is 0 Å². The summed E-state index contributed by atoms with van der Waals surface area (Å²) in [6.07, 6.45) is 3.91. The van der Waals surface area contributed by atoms with Crippen molar-refractivity contribution < 1.29 is 14.2 Å². The topological polar surface area (TPSA) is 84.5 Å². The van der Waals surface area contributed by atoms with Crippen LogP contribution in [0.3, 0.4) is 0 Å². The Morgan fingerprint density at radius 3 is 2.84 bits per heavy atom. The van der Waals surface area contributed by atoms with Gasteiger partial charge in [0.15, 0.2) is 5.75 Å². The molecule has 1 fully saturated rings. The normalized spacial score (nSPS) is 19.8. The van der Waals surface area contributed by atoms with E-state index in [4.69, 9.17) is 10.5 Å². The fourth-order valence-corrected chi connectivity index (χ4v) is 1.78. The minimum Gasteiger partial charge on any atom is -0.486 e. The van der Waals surface area contributed by atoms with Crippen molar-refractivity contribution in [3.63, 3.8) is 0 Å². The second-order valence-electron chi connectivity index (χ2n) is 4.37. The lowest BCUT2D eigenvalue weighted by atomic mass is 10.3. The van der Waals surface area contributed by atoms with Gasteiger partial charge in [0, 0.05) is 25.2 Å². The van der Waals surface area contributed by atoms with Crippen LogP contribution >= 0.6 is 0 Å².